The first-order valence-corrected chi connectivity index (χ1v) is 9.81. The summed E-state index contributed by atoms with van der Waals surface area (Å²) in [6, 6.07) is 2.34. The zero-order chi connectivity index (χ0) is 21.8. The van der Waals surface area contributed by atoms with Gasteiger partial charge in [-0.3, -0.25) is 9.59 Å². The maximum absolute atomic E-state index is 15.1. The summed E-state index contributed by atoms with van der Waals surface area (Å²) in [6.45, 7) is 1.20. The number of carbonyl (C=O) groups excluding carboxylic acids is 2. The van der Waals surface area contributed by atoms with Crippen molar-refractivity contribution >= 4 is 23.2 Å². The molecule has 2 atom stereocenters. The Labute approximate surface area is 174 Å². The summed E-state index contributed by atoms with van der Waals surface area (Å²) < 4.78 is 35.2. The third-order valence-electron chi connectivity index (χ3n) is 5.05. The predicted octanol–water partition coefficient (Wildman–Crippen LogP) is 1.57. The minimum atomic E-state index is -1.97. The van der Waals surface area contributed by atoms with Crippen LogP contribution in [0.25, 0.3) is 11.3 Å². The molecule has 2 aliphatic rings. The number of aromatic nitrogens is 1. The zero-order valence-corrected chi connectivity index (χ0v) is 16.9. The van der Waals surface area contributed by atoms with E-state index in [1.165, 1.54) is 24.9 Å². The second kappa shape index (κ2) is 6.75. The molecule has 0 aliphatic carbocycles. The lowest BCUT2D eigenvalue weighted by atomic mass is 10.00. The molecule has 2 amide bonds. The van der Waals surface area contributed by atoms with E-state index in [4.69, 9.17) is 10.5 Å². The van der Waals surface area contributed by atoms with Gasteiger partial charge in [-0.15, -0.1) is 11.3 Å². The van der Waals surface area contributed by atoms with Crippen LogP contribution in [-0.2, 0) is 10.5 Å². The summed E-state index contributed by atoms with van der Waals surface area (Å²) in [6.07, 6.45) is 0.101. The Balaban J connectivity index is 1.84. The topological polar surface area (TPSA) is 106 Å². The van der Waals surface area contributed by atoms with E-state index in [1.807, 2.05) is 0 Å². The van der Waals surface area contributed by atoms with Gasteiger partial charge in [-0.05, 0) is 13.0 Å². The van der Waals surface area contributed by atoms with Crippen molar-refractivity contribution in [3.63, 3.8) is 0 Å². The van der Waals surface area contributed by atoms with Crippen LogP contribution in [0.4, 0.5) is 8.78 Å². The number of likely N-dealkylation sites (N-methyl/N-ethyl adjacent to an activating group) is 1. The average molecular weight is 433 g/mol. The minimum Gasteiger partial charge on any atom is -0.489 e. The van der Waals surface area contributed by atoms with Crippen LogP contribution >= 0.6 is 11.3 Å². The quantitative estimate of drug-likeness (QED) is 0.665. The number of benzene rings is 1. The zero-order valence-electron chi connectivity index (χ0n) is 16.1. The van der Waals surface area contributed by atoms with Gasteiger partial charge in [-0.2, -0.15) is 0 Å². The summed E-state index contributed by atoms with van der Waals surface area (Å²) >= 11 is 0.810. The number of thiazole rings is 1. The van der Waals surface area contributed by atoms with Gasteiger partial charge >= 0.3 is 0 Å². The van der Waals surface area contributed by atoms with E-state index < -0.39 is 35.5 Å². The van der Waals surface area contributed by atoms with E-state index in [1.54, 1.807) is 0 Å². The number of aliphatic hydroxyl groups is 1. The van der Waals surface area contributed by atoms with E-state index in [-0.39, 0.29) is 38.9 Å². The molecule has 1 aromatic carbocycles. The Hall–Kier alpha value is -3.03. The van der Waals surface area contributed by atoms with E-state index in [0.717, 1.165) is 17.4 Å². The van der Waals surface area contributed by atoms with Crippen molar-refractivity contribution in [2.24, 2.45) is 5.73 Å². The summed E-state index contributed by atoms with van der Waals surface area (Å²) in [5.41, 5.74) is 1.65. The third kappa shape index (κ3) is 3.20. The molecule has 7 nitrogen and oxygen atoms in total. The summed E-state index contributed by atoms with van der Waals surface area (Å²) in [5, 5.41) is 10.4. The number of primary amides is 1. The predicted molar refractivity (Wildman–Crippen MR) is 104 cm³/mol. The van der Waals surface area contributed by atoms with Crippen LogP contribution in [0.15, 0.2) is 12.1 Å². The Morgan fingerprint density at radius 2 is 2.20 bits per heavy atom. The molecule has 1 fully saturated rings. The standard InChI is InChI=1S/C20H17F2N3O4S/c1-19(22)9-29-13-8-12(21)10(3-4-20(28)5-6-25(2)18(20)27)7-11(13)14-15(19)30-17(24-14)16(23)26/h7-8,28H,5-6,9H2,1-2H3,(H2,23,26)/t19-,20-/m0/s1. The van der Waals surface area contributed by atoms with Crippen molar-refractivity contribution in [1.82, 2.24) is 9.88 Å². The number of rotatable bonds is 1. The van der Waals surface area contributed by atoms with Crippen molar-refractivity contribution in [3.05, 3.63) is 33.4 Å². The molecule has 156 valence electrons. The van der Waals surface area contributed by atoms with Crippen LogP contribution in [-0.4, -0.2) is 52.6 Å². The van der Waals surface area contributed by atoms with E-state index in [0.29, 0.717) is 6.54 Å². The first-order chi connectivity index (χ1) is 14.0. The van der Waals surface area contributed by atoms with Crippen molar-refractivity contribution in [2.45, 2.75) is 24.6 Å². The van der Waals surface area contributed by atoms with E-state index >= 15 is 4.39 Å². The molecule has 2 aromatic rings. The van der Waals surface area contributed by atoms with Gasteiger partial charge in [0, 0.05) is 31.6 Å². The van der Waals surface area contributed by atoms with E-state index in [2.05, 4.69) is 16.8 Å². The number of alkyl halides is 1. The van der Waals surface area contributed by atoms with Gasteiger partial charge in [0.1, 0.15) is 18.2 Å². The number of likely N-dealkylation sites (tertiary alicyclic amines) is 1. The fourth-order valence-electron chi connectivity index (χ4n) is 3.34. The van der Waals surface area contributed by atoms with Crippen LogP contribution < -0.4 is 10.5 Å². The maximum Gasteiger partial charge on any atom is 0.277 e. The summed E-state index contributed by atoms with van der Waals surface area (Å²) in [5.74, 6) is 2.87. The molecule has 10 heteroatoms. The highest BCUT2D eigenvalue weighted by molar-refractivity contribution is 7.14. The number of carbonyl (C=O) groups is 2. The number of fused-ring (bicyclic) bond motifs is 3. The van der Waals surface area contributed by atoms with Crippen molar-refractivity contribution in [2.75, 3.05) is 20.2 Å². The normalized spacial score (nSPS) is 25.0. The lowest BCUT2D eigenvalue weighted by molar-refractivity contribution is -0.137. The second-order valence-electron chi connectivity index (χ2n) is 7.46. The molecule has 1 aromatic heterocycles. The maximum atomic E-state index is 15.1. The van der Waals surface area contributed by atoms with Gasteiger partial charge in [-0.1, -0.05) is 11.8 Å². The summed E-state index contributed by atoms with van der Waals surface area (Å²) in [4.78, 5) is 29.2. The fourth-order valence-corrected chi connectivity index (χ4v) is 4.29. The molecule has 0 bridgehead atoms. The van der Waals surface area contributed by atoms with Crippen LogP contribution in [0.2, 0.25) is 0 Å². The molecule has 0 saturated carbocycles. The average Bonchev–Trinajstić information content (AvgIpc) is 3.22. The van der Waals surface area contributed by atoms with Crippen molar-refractivity contribution in [3.8, 4) is 28.8 Å². The number of nitrogens with two attached hydrogens (primary N) is 1. The van der Waals surface area contributed by atoms with Gasteiger partial charge in [0.25, 0.3) is 11.8 Å². The van der Waals surface area contributed by atoms with Crippen molar-refractivity contribution in [1.29, 1.82) is 0 Å². The third-order valence-corrected chi connectivity index (χ3v) is 6.36. The fraction of sp³-hybridized carbons (Fsp3) is 0.350. The molecule has 4 rings (SSSR count). The summed E-state index contributed by atoms with van der Waals surface area (Å²) in [7, 11) is 1.54. The molecular weight excluding hydrogens is 416 g/mol. The molecular formula is C20H17F2N3O4S. The molecule has 3 heterocycles. The minimum absolute atomic E-state index is 0.0392. The Bertz CT molecular complexity index is 1150. The first-order valence-electron chi connectivity index (χ1n) is 9.00. The number of nitrogens with zero attached hydrogens (tertiary/aromatic N) is 2. The second-order valence-corrected chi connectivity index (χ2v) is 8.46. The molecule has 0 spiro atoms. The Morgan fingerprint density at radius 1 is 1.47 bits per heavy atom. The lowest BCUT2D eigenvalue weighted by Gasteiger charge is -2.16. The molecule has 1 saturated heterocycles. The SMILES string of the molecule is CN1CC[C@@](O)(C#Cc2cc3c(cc2F)OC[C@](C)(F)c2sc(C(N)=O)nc2-3)C1=O. The van der Waals surface area contributed by atoms with Gasteiger partial charge < -0.3 is 20.5 Å². The monoisotopic (exact) mass is 433 g/mol. The Kier molecular flexibility index (Phi) is 4.56. The number of hydrogen-bond donors (Lipinski definition) is 2. The molecule has 3 N–H and O–H groups in total. The van der Waals surface area contributed by atoms with E-state index in [9.17, 15) is 19.1 Å². The highest BCUT2D eigenvalue weighted by Crippen LogP contribution is 2.45. The molecule has 30 heavy (non-hydrogen) atoms. The smallest absolute Gasteiger partial charge is 0.277 e. The number of hydrogen-bond acceptors (Lipinski definition) is 6. The van der Waals surface area contributed by atoms with Crippen LogP contribution in [0.1, 0.15) is 33.6 Å². The molecule has 0 radical (unpaired) electrons. The van der Waals surface area contributed by atoms with Gasteiger partial charge in [0.05, 0.1) is 16.1 Å². The lowest BCUT2D eigenvalue weighted by Crippen LogP contribution is -2.37. The number of halogens is 2. The van der Waals surface area contributed by atoms with Crippen LogP contribution in [0.3, 0.4) is 0 Å². The van der Waals surface area contributed by atoms with Crippen LogP contribution in [0, 0.1) is 17.7 Å². The Morgan fingerprint density at radius 3 is 2.83 bits per heavy atom. The number of ether oxygens (including phenoxy) is 1. The van der Waals surface area contributed by atoms with Gasteiger partial charge in [-0.25, -0.2) is 13.8 Å². The molecule has 0 unspecified atom stereocenters. The van der Waals surface area contributed by atoms with Gasteiger partial charge in [0.2, 0.25) is 5.60 Å². The van der Waals surface area contributed by atoms with Gasteiger partial charge in [0.15, 0.2) is 10.7 Å². The first kappa shape index (κ1) is 20.3. The highest BCUT2D eigenvalue weighted by Gasteiger charge is 2.42. The highest BCUT2D eigenvalue weighted by atomic mass is 32.1. The largest absolute Gasteiger partial charge is 0.489 e. The van der Waals surface area contributed by atoms with Crippen LogP contribution in [0.5, 0.6) is 5.75 Å². The number of amides is 2. The van der Waals surface area contributed by atoms with Crippen molar-refractivity contribution < 1.29 is 28.2 Å². The molecule has 2 aliphatic heterocycles.